The molecule has 0 saturated heterocycles. The van der Waals surface area contributed by atoms with Crippen molar-refractivity contribution in [2.45, 2.75) is 67.4 Å². The van der Waals surface area contributed by atoms with E-state index in [4.69, 9.17) is 18.9 Å². The summed E-state index contributed by atoms with van der Waals surface area (Å²) >= 11 is 0. The molecule has 2 atom stereocenters. The number of anilines is 2. The van der Waals surface area contributed by atoms with Crippen LogP contribution in [-0.2, 0) is 6.61 Å². The van der Waals surface area contributed by atoms with E-state index in [-0.39, 0.29) is 52.2 Å². The van der Waals surface area contributed by atoms with Gasteiger partial charge in [-0.3, -0.25) is 9.59 Å². The molecule has 4 N–H and O–H groups in total. The Morgan fingerprint density at radius 3 is 1.71 bits per heavy atom. The van der Waals surface area contributed by atoms with Crippen LogP contribution in [0.1, 0.15) is 108 Å². The number of benzene rings is 5. The van der Waals surface area contributed by atoms with Gasteiger partial charge in [0, 0.05) is 11.8 Å². The maximum Gasteiger partial charge on any atom is 0.339 e. The van der Waals surface area contributed by atoms with E-state index >= 15 is 0 Å². The normalized spacial score (nSPS) is 11.9. The van der Waals surface area contributed by atoms with Gasteiger partial charge in [0.25, 0.3) is 11.8 Å². The van der Waals surface area contributed by atoms with Gasteiger partial charge in [-0.2, -0.15) is 0 Å². The molecule has 0 aliphatic carbocycles. The largest absolute Gasteiger partial charge is 0.493 e. The predicted octanol–water partition coefficient (Wildman–Crippen LogP) is 11.1. The van der Waals surface area contributed by atoms with Crippen molar-refractivity contribution >= 4 is 35.1 Å². The molecule has 2 unspecified atom stereocenters. The van der Waals surface area contributed by atoms with Crippen LogP contribution in [0.4, 0.5) is 11.4 Å². The standard InChI is InChI=1S/C50H56N2O10/c1-7-32(5)28-60-44-25-36(15-19-40(44)47(53)51-38-17-20-41(50(57)58)45(27-38)62-30-34-12-10-9-11-13-34)35-14-18-39(43(24-35)59-23-22-31(3)4)48(54)52-42-21-16-37(49(55)56)26-46(42)61-29-33(6)8-2/h9-21,24-27,31-33H,7-8,22-23,28-30H2,1-6H3,(H,51,53)(H,52,54)(H,55,56)(H,57,58). The predicted molar refractivity (Wildman–Crippen MR) is 240 cm³/mol. The Labute approximate surface area is 363 Å². The van der Waals surface area contributed by atoms with Gasteiger partial charge in [-0.15, -0.1) is 0 Å². The quantitative estimate of drug-likeness (QED) is 0.0526. The molecule has 0 aliphatic heterocycles. The lowest BCUT2D eigenvalue weighted by molar-refractivity contribution is 0.0683. The van der Waals surface area contributed by atoms with Crippen LogP contribution in [0, 0.1) is 17.8 Å². The molecule has 0 spiro atoms. The number of ether oxygens (including phenoxy) is 4. The molecule has 2 amide bonds. The molecule has 326 valence electrons. The number of carboxylic acids is 2. The maximum absolute atomic E-state index is 14.0. The maximum atomic E-state index is 14.0. The van der Waals surface area contributed by atoms with Crippen LogP contribution in [0.5, 0.6) is 23.0 Å². The summed E-state index contributed by atoms with van der Waals surface area (Å²) in [5.74, 6) is -1.42. The van der Waals surface area contributed by atoms with Gasteiger partial charge >= 0.3 is 11.9 Å². The van der Waals surface area contributed by atoms with Gasteiger partial charge in [-0.1, -0.05) is 96.8 Å². The highest BCUT2D eigenvalue weighted by atomic mass is 16.5. The highest BCUT2D eigenvalue weighted by Crippen LogP contribution is 2.35. The first-order chi connectivity index (χ1) is 29.8. The van der Waals surface area contributed by atoms with E-state index in [2.05, 4.69) is 38.3 Å². The summed E-state index contributed by atoms with van der Waals surface area (Å²) in [6.07, 6.45) is 2.47. The second-order valence-corrected chi connectivity index (χ2v) is 15.8. The smallest absolute Gasteiger partial charge is 0.339 e. The first-order valence-corrected chi connectivity index (χ1v) is 21.0. The molecule has 0 radical (unpaired) electrons. The Morgan fingerprint density at radius 2 is 1.13 bits per heavy atom. The molecule has 62 heavy (non-hydrogen) atoms. The van der Waals surface area contributed by atoms with Crippen molar-refractivity contribution in [2.24, 2.45) is 17.8 Å². The van der Waals surface area contributed by atoms with Crippen molar-refractivity contribution in [2.75, 3.05) is 30.5 Å². The van der Waals surface area contributed by atoms with Crippen molar-refractivity contribution in [3.05, 3.63) is 131 Å². The minimum Gasteiger partial charge on any atom is -0.493 e. The fourth-order valence-corrected chi connectivity index (χ4v) is 6.02. The molecule has 12 heteroatoms. The van der Waals surface area contributed by atoms with Crippen molar-refractivity contribution in [3.8, 4) is 34.1 Å². The van der Waals surface area contributed by atoms with Crippen LogP contribution < -0.4 is 29.6 Å². The van der Waals surface area contributed by atoms with Crippen molar-refractivity contribution < 1.29 is 48.3 Å². The Kier molecular flexibility index (Phi) is 16.5. The van der Waals surface area contributed by atoms with E-state index in [1.54, 1.807) is 36.4 Å². The number of amides is 2. The SMILES string of the molecule is CCC(C)COc1cc(C(=O)O)ccc1NC(=O)c1ccc(-c2ccc(C(=O)Nc3ccc(C(=O)O)c(OCc4ccccc4)c3)c(OCC(C)CC)c2)cc1OCCC(C)C. The Balaban J connectivity index is 1.45. The first kappa shape index (κ1) is 46.2. The lowest BCUT2D eigenvalue weighted by Gasteiger charge is -2.18. The average molecular weight is 845 g/mol. The van der Waals surface area contributed by atoms with E-state index in [9.17, 15) is 29.4 Å². The second-order valence-electron chi connectivity index (χ2n) is 15.8. The van der Waals surface area contributed by atoms with Crippen LogP contribution in [0.25, 0.3) is 11.1 Å². The fourth-order valence-electron chi connectivity index (χ4n) is 6.02. The highest BCUT2D eigenvalue weighted by Gasteiger charge is 2.21. The van der Waals surface area contributed by atoms with Crippen molar-refractivity contribution in [1.29, 1.82) is 0 Å². The number of nitrogens with one attached hydrogen (secondary N) is 2. The number of hydrogen-bond donors (Lipinski definition) is 4. The van der Waals surface area contributed by atoms with Crippen molar-refractivity contribution in [1.82, 2.24) is 0 Å². The molecule has 0 saturated carbocycles. The lowest BCUT2D eigenvalue weighted by Crippen LogP contribution is -2.17. The van der Waals surface area contributed by atoms with Gasteiger partial charge in [-0.05, 0) is 95.5 Å². The third-order valence-electron chi connectivity index (χ3n) is 10.4. The third-order valence-corrected chi connectivity index (χ3v) is 10.4. The molecule has 5 aromatic rings. The monoisotopic (exact) mass is 844 g/mol. The molecule has 12 nitrogen and oxygen atoms in total. The molecule has 0 aromatic heterocycles. The molecular formula is C50H56N2O10. The minimum atomic E-state index is -1.16. The topological polar surface area (TPSA) is 170 Å². The summed E-state index contributed by atoms with van der Waals surface area (Å²) in [5.41, 5.74) is 3.44. The summed E-state index contributed by atoms with van der Waals surface area (Å²) in [6, 6.07) is 28.5. The van der Waals surface area contributed by atoms with E-state index in [1.165, 1.54) is 36.4 Å². The lowest BCUT2D eigenvalue weighted by atomic mass is 10.00. The van der Waals surface area contributed by atoms with Gasteiger partial charge < -0.3 is 39.8 Å². The number of rotatable bonds is 22. The summed E-state index contributed by atoms with van der Waals surface area (Å²) in [5, 5.41) is 25.2. The number of aromatic carboxylic acids is 2. The number of carbonyl (C=O) groups excluding carboxylic acids is 2. The molecule has 0 bridgehead atoms. The second kappa shape index (κ2) is 22.1. The van der Waals surface area contributed by atoms with Gasteiger partial charge in [0.05, 0.1) is 42.2 Å². The number of hydrogen-bond acceptors (Lipinski definition) is 8. The molecule has 5 rings (SSSR count). The number of carbonyl (C=O) groups is 4. The molecular weight excluding hydrogens is 789 g/mol. The summed E-state index contributed by atoms with van der Waals surface area (Å²) in [7, 11) is 0. The Bertz CT molecular complexity index is 2340. The van der Waals surface area contributed by atoms with E-state index < -0.39 is 23.8 Å². The molecule has 0 aliphatic rings. The van der Waals surface area contributed by atoms with Gasteiger partial charge in [0.1, 0.15) is 35.2 Å². The van der Waals surface area contributed by atoms with Crippen LogP contribution in [0.15, 0.2) is 103 Å². The van der Waals surface area contributed by atoms with E-state index in [1.807, 2.05) is 44.2 Å². The van der Waals surface area contributed by atoms with Crippen LogP contribution >= 0.6 is 0 Å². The van der Waals surface area contributed by atoms with Gasteiger partial charge in [0.2, 0.25) is 0 Å². The summed E-state index contributed by atoms with van der Waals surface area (Å²) in [6.45, 7) is 13.5. The van der Waals surface area contributed by atoms with Crippen molar-refractivity contribution in [3.63, 3.8) is 0 Å². The Hall–Kier alpha value is -6.82. The average Bonchev–Trinajstić information content (AvgIpc) is 3.26. The van der Waals surface area contributed by atoms with Crippen LogP contribution in [0.2, 0.25) is 0 Å². The van der Waals surface area contributed by atoms with E-state index in [0.717, 1.165) is 24.8 Å². The van der Waals surface area contributed by atoms with E-state index in [0.29, 0.717) is 59.7 Å². The zero-order chi connectivity index (χ0) is 44.8. The molecule has 0 fully saturated rings. The zero-order valence-electron chi connectivity index (χ0n) is 36.2. The van der Waals surface area contributed by atoms with Gasteiger partial charge in [0.15, 0.2) is 0 Å². The van der Waals surface area contributed by atoms with Crippen LogP contribution in [0.3, 0.4) is 0 Å². The highest BCUT2D eigenvalue weighted by molar-refractivity contribution is 6.08. The summed E-state index contributed by atoms with van der Waals surface area (Å²) < 4.78 is 24.4. The first-order valence-electron chi connectivity index (χ1n) is 21.0. The minimum absolute atomic E-state index is 0.0351. The zero-order valence-corrected chi connectivity index (χ0v) is 36.2. The van der Waals surface area contributed by atoms with Crippen LogP contribution in [-0.4, -0.2) is 53.8 Å². The molecule has 5 aromatic carbocycles. The Morgan fingerprint density at radius 1 is 0.565 bits per heavy atom. The fraction of sp³-hybridized carbons (Fsp3) is 0.320. The number of carboxylic acid groups (broad SMARTS) is 2. The summed E-state index contributed by atoms with van der Waals surface area (Å²) in [4.78, 5) is 51.7. The third kappa shape index (κ3) is 12.8. The molecule has 0 heterocycles. The van der Waals surface area contributed by atoms with Gasteiger partial charge in [-0.25, -0.2) is 9.59 Å².